The number of hydrogen-bond donors (Lipinski definition) is 1. The first-order valence-electron chi connectivity index (χ1n) is 8.47. The van der Waals surface area contributed by atoms with Crippen LogP contribution in [0, 0.1) is 0 Å². The summed E-state index contributed by atoms with van der Waals surface area (Å²) >= 11 is 0. The Morgan fingerprint density at radius 3 is 2.65 bits per heavy atom. The van der Waals surface area contributed by atoms with Crippen molar-refractivity contribution in [2.75, 3.05) is 13.7 Å². The first kappa shape index (κ1) is 19.2. The Morgan fingerprint density at radius 1 is 1.08 bits per heavy atom. The van der Waals surface area contributed by atoms with Crippen LogP contribution in [0.2, 0.25) is 0 Å². The summed E-state index contributed by atoms with van der Waals surface area (Å²) in [6, 6.07) is 17.5. The maximum Gasteiger partial charge on any atom is 0.305 e. The van der Waals surface area contributed by atoms with Crippen LogP contribution < -0.4 is 10.1 Å². The zero-order chi connectivity index (χ0) is 18.6. The first-order valence-corrected chi connectivity index (χ1v) is 8.47. The second-order valence-corrected chi connectivity index (χ2v) is 5.65. The Labute approximate surface area is 153 Å². The highest BCUT2D eigenvalue weighted by atomic mass is 16.5. The van der Waals surface area contributed by atoms with E-state index >= 15 is 0 Å². The fourth-order valence-corrected chi connectivity index (χ4v) is 2.23. The molecule has 0 aliphatic rings. The third-order valence-electron chi connectivity index (χ3n) is 3.62. The maximum absolute atomic E-state index is 11.8. The van der Waals surface area contributed by atoms with Crippen LogP contribution in [0.1, 0.15) is 24.0 Å². The van der Waals surface area contributed by atoms with Gasteiger partial charge in [-0.25, -0.2) is 0 Å². The van der Waals surface area contributed by atoms with Crippen molar-refractivity contribution in [3.63, 3.8) is 0 Å². The van der Waals surface area contributed by atoms with Crippen molar-refractivity contribution in [3.05, 3.63) is 71.8 Å². The van der Waals surface area contributed by atoms with Crippen LogP contribution in [0.3, 0.4) is 0 Å². The molecule has 2 rings (SSSR count). The summed E-state index contributed by atoms with van der Waals surface area (Å²) in [6.45, 7) is 0.924. The lowest BCUT2D eigenvalue weighted by Gasteiger charge is -2.07. The van der Waals surface area contributed by atoms with E-state index < -0.39 is 0 Å². The predicted molar refractivity (Wildman–Crippen MR) is 101 cm³/mol. The minimum Gasteiger partial charge on any atom is -0.489 e. The van der Waals surface area contributed by atoms with Gasteiger partial charge >= 0.3 is 5.97 Å². The van der Waals surface area contributed by atoms with Gasteiger partial charge in [0.1, 0.15) is 12.4 Å². The fourth-order valence-electron chi connectivity index (χ4n) is 2.23. The number of esters is 1. The number of amides is 1. The number of carbonyl (C=O) groups excluding carboxylic acids is 2. The third-order valence-corrected chi connectivity index (χ3v) is 3.62. The molecule has 0 fully saturated rings. The second kappa shape index (κ2) is 10.7. The van der Waals surface area contributed by atoms with Crippen LogP contribution in [0.15, 0.2) is 60.7 Å². The number of rotatable bonds is 9. The molecule has 2 aromatic rings. The molecule has 136 valence electrons. The van der Waals surface area contributed by atoms with Gasteiger partial charge in [-0.1, -0.05) is 42.5 Å². The van der Waals surface area contributed by atoms with Crippen molar-refractivity contribution in [2.24, 2.45) is 0 Å². The lowest BCUT2D eigenvalue weighted by atomic mass is 10.2. The quantitative estimate of drug-likeness (QED) is 0.427. The molecule has 5 heteroatoms. The number of hydrogen-bond acceptors (Lipinski definition) is 4. The zero-order valence-electron chi connectivity index (χ0n) is 14.8. The average Bonchev–Trinajstić information content (AvgIpc) is 2.69. The van der Waals surface area contributed by atoms with Crippen molar-refractivity contribution in [2.45, 2.75) is 19.4 Å². The summed E-state index contributed by atoms with van der Waals surface area (Å²) in [5.41, 5.74) is 1.97. The van der Waals surface area contributed by atoms with E-state index in [2.05, 4.69) is 10.1 Å². The van der Waals surface area contributed by atoms with Crippen LogP contribution >= 0.6 is 0 Å². The van der Waals surface area contributed by atoms with Crippen molar-refractivity contribution in [1.29, 1.82) is 0 Å². The molecule has 0 atom stereocenters. The first-order chi connectivity index (χ1) is 12.7. The molecular weight excluding hydrogens is 330 g/mol. The van der Waals surface area contributed by atoms with Crippen LogP contribution in [0.5, 0.6) is 5.75 Å². The third kappa shape index (κ3) is 7.21. The van der Waals surface area contributed by atoms with E-state index in [1.54, 1.807) is 6.08 Å². The second-order valence-electron chi connectivity index (χ2n) is 5.65. The summed E-state index contributed by atoms with van der Waals surface area (Å²) in [5, 5.41) is 2.73. The maximum atomic E-state index is 11.8. The Hall–Kier alpha value is -3.08. The van der Waals surface area contributed by atoms with Crippen LogP contribution in [-0.2, 0) is 20.9 Å². The van der Waals surface area contributed by atoms with Gasteiger partial charge in [0.15, 0.2) is 0 Å². The molecule has 2 aromatic carbocycles. The van der Waals surface area contributed by atoms with Gasteiger partial charge in [-0.05, 0) is 35.8 Å². The lowest BCUT2D eigenvalue weighted by molar-refractivity contribution is -0.140. The molecule has 5 nitrogen and oxygen atoms in total. The van der Waals surface area contributed by atoms with E-state index in [1.807, 2.05) is 54.6 Å². The van der Waals surface area contributed by atoms with Gasteiger partial charge in [0.05, 0.1) is 7.11 Å². The summed E-state index contributed by atoms with van der Waals surface area (Å²) in [7, 11) is 1.35. The minimum absolute atomic E-state index is 0.203. The van der Waals surface area contributed by atoms with Gasteiger partial charge in [0.2, 0.25) is 5.91 Å². The topological polar surface area (TPSA) is 64.6 Å². The molecule has 0 aromatic heterocycles. The Kier molecular flexibility index (Phi) is 7.93. The monoisotopic (exact) mass is 353 g/mol. The number of carbonyl (C=O) groups is 2. The van der Waals surface area contributed by atoms with Gasteiger partial charge in [-0.3, -0.25) is 9.59 Å². The number of ether oxygens (including phenoxy) is 2. The highest BCUT2D eigenvalue weighted by Crippen LogP contribution is 2.16. The highest BCUT2D eigenvalue weighted by Gasteiger charge is 2.01. The number of methoxy groups -OCH3 is 1. The van der Waals surface area contributed by atoms with E-state index in [9.17, 15) is 9.59 Å². The van der Waals surface area contributed by atoms with Gasteiger partial charge in [0, 0.05) is 19.0 Å². The summed E-state index contributed by atoms with van der Waals surface area (Å²) < 4.78 is 10.3. The Balaban J connectivity index is 1.78. The Bertz CT molecular complexity index is 741. The highest BCUT2D eigenvalue weighted by molar-refractivity contribution is 5.91. The Morgan fingerprint density at radius 2 is 1.88 bits per heavy atom. The summed E-state index contributed by atoms with van der Waals surface area (Å²) in [6.07, 6.45) is 4.04. The molecule has 0 aliphatic carbocycles. The van der Waals surface area contributed by atoms with Crippen LogP contribution in [0.25, 0.3) is 6.08 Å². The van der Waals surface area contributed by atoms with E-state index in [4.69, 9.17) is 4.74 Å². The van der Waals surface area contributed by atoms with E-state index in [0.717, 1.165) is 16.9 Å². The lowest BCUT2D eigenvalue weighted by Crippen LogP contribution is -2.22. The number of nitrogens with one attached hydrogen (secondary N) is 1. The molecule has 0 spiro atoms. The largest absolute Gasteiger partial charge is 0.489 e. The molecular formula is C21H23NO4. The van der Waals surface area contributed by atoms with Crippen LogP contribution in [0.4, 0.5) is 0 Å². The average molecular weight is 353 g/mol. The molecule has 0 saturated heterocycles. The van der Waals surface area contributed by atoms with E-state index in [1.165, 1.54) is 13.2 Å². The SMILES string of the molecule is COC(=O)CCCNC(=O)/C=C/c1cccc(OCc2ccccc2)c1. The molecule has 1 N–H and O–H groups in total. The van der Waals surface area contributed by atoms with E-state index in [0.29, 0.717) is 26.0 Å². The molecule has 0 heterocycles. The molecule has 0 unspecified atom stereocenters. The zero-order valence-corrected chi connectivity index (χ0v) is 14.8. The summed E-state index contributed by atoms with van der Waals surface area (Å²) in [4.78, 5) is 22.8. The van der Waals surface area contributed by atoms with Gasteiger partial charge in [-0.2, -0.15) is 0 Å². The predicted octanol–water partition coefficient (Wildman–Crippen LogP) is 3.35. The standard InChI is InChI=1S/C21H23NO4/c1-25-21(24)11-6-14-22-20(23)13-12-17-9-5-10-19(15-17)26-16-18-7-3-2-4-8-18/h2-5,7-10,12-13,15H,6,11,14,16H2,1H3,(H,22,23)/b13-12+. The molecule has 0 radical (unpaired) electrons. The molecule has 0 bridgehead atoms. The molecule has 1 amide bonds. The smallest absolute Gasteiger partial charge is 0.305 e. The molecule has 0 aliphatic heterocycles. The van der Waals surface area contributed by atoms with Crippen molar-refractivity contribution in [1.82, 2.24) is 5.32 Å². The van der Waals surface area contributed by atoms with Crippen molar-refractivity contribution in [3.8, 4) is 5.75 Å². The van der Waals surface area contributed by atoms with Crippen molar-refractivity contribution >= 4 is 18.0 Å². The normalized spacial score (nSPS) is 10.5. The van der Waals surface area contributed by atoms with E-state index in [-0.39, 0.29) is 11.9 Å². The van der Waals surface area contributed by atoms with Crippen molar-refractivity contribution < 1.29 is 19.1 Å². The van der Waals surface area contributed by atoms with Gasteiger partial charge in [0.25, 0.3) is 0 Å². The molecule has 0 saturated carbocycles. The van der Waals surface area contributed by atoms with Gasteiger partial charge in [-0.15, -0.1) is 0 Å². The van der Waals surface area contributed by atoms with Crippen LogP contribution in [-0.4, -0.2) is 25.5 Å². The molecule has 26 heavy (non-hydrogen) atoms. The number of benzene rings is 2. The minimum atomic E-state index is -0.276. The van der Waals surface area contributed by atoms with Gasteiger partial charge < -0.3 is 14.8 Å². The fraction of sp³-hybridized carbons (Fsp3) is 0.238. The summed E-state index contributed by atoms with van der Waals surface area (Å²) in [5.74, 6) is 0.266.